The Morgan fingerprint density at radius 1 is 1.33 bits per heavy atom. The molecular weight excluding hydrogens is 304 g/mol. The number of nitrogens with zero attached hydrogens (tertiary/aromatic N) is 3. The van der Waals surface area contributed by atoms with Gasteiger partial charge in [-0.25, -0.2) is 9.97 Å². The van der Waals surface area contributed by atoms with Crippen LogP contribution in [0.25, 0.3) is 11.2 Å². The molecule has 1 unspecified atom stereocenters. The van der Waals surface area contributed by atoms with E-state index in [9.17, 15) is 4.79 Å². The minimum atomic E-state index is -0.101. The summed E-state index contributed by atoms with van der Waals surface area (Å²) in [6.45, 7) is 0.735. The second-order valence-electron chi connectivity index (χ2n) is 7.15. The van der Waals surface area contributed by atoms with Crippen molar-refractivity contribution in [2.45, 2.75) is 56.6 Å². The average molecular weight is 328 g/mol. The molecule has 1 aliphatic carbocycles. The lowest BCUT2D eigenvalue weighted by molar-refractivity contribution is -0.107. The van der Waals surface area contributed by atoms with Crippen LogP contribution in [0.1, 0.15) is 55.4 Å². The van der Waals surface area contributed by atoms with Gasteiger partial charge in [-0.1, -0.05) is 19.3 Å². The number of pyridine rings is 1. The van der Waals surface area contributed by atoms with Crippen molar-refractivity contribution in [2.75, 3.05) is 6.61 Å². The molecule has 1 saturated carbocycles. The van der Waals surface area contributed by atoms with Crippen LogP contribution < -0.4 is 5.32 Å². The molecule has 0 radical (unpaired) electrons. The maximum absolute atomic E-state index is 12.6. The number of nitrogens with one attached hydrogen (secondary N) is 1. The van der Waals surface area contributed by atoms with Crippen LogP contribution in [0.4, 0.5) is 0 Å². The van der Waals surface area contributed by atoms with Crippen molar-refractivity contribution >= 4 is 17.1 Å². The van der Waals surface area contributed by atoms with Crippen LogP contribution in [-0.4, -0.2) is 38.7 Å². The predicted octanol–water partition coefficient (Wildman–Crippen LogP) is 2.58. The SMILES string of the molecule is Cn1cnc2ccc(C(=O)NC3CCOC4(CCCCC4)C3)nc21. The lowest BCUT2D eigenvalue weighted by Gasteiger charge is -2.43. The molecule has 1 atom stereocenters. The van der Waals surface area contributed by atoms with Crippen LogP contribution in [0, 0.1) is 0 Å². The molecule has 2 aliphatic rings. The highest BCUT2D eigenvalue weighted by Gasteiger charge is 2.39. The van der Waals surface area contributed by atoms with E-state index in [1.54, 1.807) is 12.4 Å². The third-order valence-electron chi connectivity index (χ3n) is 5.38. The molecule has 3 heterocycles. The Bertz CT molecular complexity index is 743. The lowest BCUT2D eigenvalue weighted by atomic mass is 9.78. The van der Waals surface area contributed by atoms with Gasteiger partial charge in [0, 0.05) is 19.7 Å². The fourth-order valence-electron chi connectivity index (χ4n) is 4.09. The molecule has 4 rings (SSSR count). The van der Waals surface area contributed by atoms with Gasteiger partial charge in [-0.2, -0.15) is 0 Å². The fraction of sp³-hybridized carbons (Fsp3) is 0.611. The Balaban J connectivity index is 1.47. The molecule has 0 bridgehead atoms. The van der Waals surface area contributed by atoms with Gasteiger partial charge in [0.1, 0.15) is 11.2 Å². The van der Waals surface area contributed by atoms with Gasteiger partial charge in [0.15, 0.2) is 5.65 Å². The molecule has 2 fully saturated rings. The highest BCUT2D eigenvalue weighted by atomic mass is 16.5. The molecule has 24 heavy (non-hydrogen) atoms. The highest BCUT2D eigenvalue weighted by molar-refractivity contribution is 5.94. The van der Waals surface area contributed by atoms with Crippen LogP contribution in [0.5, 0.6) is 0 Å². The summed E-state index contributed by atoms with van der Waals surface area (Å²) in [5, 5.41) is 3.17. The van der Waals surface area contributed by atoms with Gasteiger partial charge in [0.05, 0.1) is 11.9 Å². The molecule has 1 aliphatic heterocycles. The van der Waals surface area contributed by atoms with Crippen LogP contribution in [0.2, 0.25) is 0 Å². The van der Waals surface area contributed by atoms with Crippen molar-refractivity contribution in [1.82, 2.24) is 19.9 Å². The summed E-state index contributed by atoms with van der Waals surface area (Å²) in [7, 11) is 1.88. The first-order chi connectivity index (χ1) is 11.7. The number of ether oxygens (including phenoxy) is 1. The molecule has 6 nitrogen and oxygen atoms in total. The maximum Gasteiger partial charge on any atom is 0.270 e. The van der Waals surface area contributed by atoms with E-state index in [4.69, 9.17) is 4.74 Å². The third-order valence-corrected chi connectivity index (χ3v) is 5.38. The average Bonchev–Trinajstić information content (AvgIpc) is 2.96. The molecular formula is C18H24N4O2. The number of aromatic nitrogens is 3. The van der Waals surface area contributed by atoms with Crippen molar-refractivity contribution in [3.8, 4) is 0 Å². The summed E-state index contributed by atoms with van der Waals surface area (Å²) < 4.78 is 7.94. The highest BCUT2D eigenvalue weighted by Crippen LogP contribution is 2.38. The summed E-state index contributed by atoms with van der Waals surface area (Å²) in [5.74, 6) is -0.101. The number of carbonyl (C=O) groups is 1. The van der Waals surface area contributed by atoms with Crippen molar-refractivity contribution in [3.05, 3.63) is 24.2 Å². The van der Waals surface area contributed by atoms with Gasteiger partial charge in [0.25, 0.3) is 5.91 Å². The van der Waals surface area contributed by atoms with Crippen molar-refractivity contribution in [3.63, 3.8) is 0 Å². The Morgan fingerprint density at radius 3 is 3.00 bits per heavy atom. The Labute approximate surface area is 141 Å². The first-order valence-corrected chi connectivity index (χ1v) is 8.88. The second-order valence-corrected chi connectivity index (χ2v) is 7.15. The Kier molecular flexibility index (Phi) is 4.00. The number of amides is 1. The van der Waals surface area contributed by atoms with Gasteiger partial charge in [-0.05, 0) is 37.8 Å². The molecule has 2 aromatic heterocycles. The van der Waals surface area contributed by atoms with Gasteiger partial charge in [0.2, 0.25) is 0 Å². The molecule has 1 amide bonds. The van der Waals surface area contributed by atoms with E-state index in [2.05, 4.69) is 15.3 Å². The van der Waals surface area contributed by atoms with E-state index in [0.29, 0.717) is 5.69 Å². The number of carbonyl (C=O) groups excluding carboxylic acids is 1. The van der Waals surface area contributed by atoms with Crippen LogP contribution in [-0.2, 0) is 11.8 Å². The summed E-state index contributed by atoms with van der Waals surface area (Å²) in [5.41, 5.74) is 1.99. The summed E-state index contributed by atoms with van der Waals surface area (Å²) >= 11 is 0. The number of imidazole rings is 1. The molecule has 128 valence electrons. The number of fused-ring (bicyclic) bond motifs is 1. The van der Waals surface area contributed by atoms with Gasteiger partial charge in [-0.15, -0.1) is 0 Å². The van der Waals surface area contributed by atoms with E-state index < -0.39 is 0 Å². The van der Waals surface area contributed by atoms with Crippen molar-refractivity contribution in [2.24, 2.45) is 7.05 Å². The molecule has 2 aromatic rings. The Morgan fingerprint density at radius 2 is 2.17 bits per heavy atom. The maximum atomic E-state index is 12.6. The van der Waals surface area contributed by atoms with Crippen LogP contribution >= 0.6 is 0 Å². The predicted molar refractivity (Wildman–Crippen MR) is 90.8 cm³/mol. The minimum Gasteiger partial charge on any atom is -0.375 e. The van der Waals surface area contributed by atoms with E-state index in [1.165, 1.54) is 19.3 Å². The largest absolute Gasteiger partial charge is 0.375 e. The van der Waals surface area contributed by atoms with Gasteiger partial charge >= 0.3 is 0 Å². The smallest absolute Gasteiger partial charge is 0.270 e. The van der Waals surface area contributed by atoms with Crippen LogP contribution in [0.3, 0.4) is 0 Å². The quantitative estimate of drug-likeness (QED) is 0.920. The summed E-state index contributed by atoms with van der Waals surface area (Å²) in [6, 6.07) is 3.78. The number of aryl methyl sites for hydroxylation is 1. The number of hydrogen-bond acceptors (Lipinski definition) is 4. The molecule has 1 N–H and O–H groups in total. The molecule has 6 heteroatoms. The normalized spacial score (nSPS) is 23.5. The van der Waals surface area contributed by atoms with Gasteiger partial charge in [-0.3, -0.25) is 4.79 Å². The van der Waals surface area contributed by atoms with E-state index in [0.717, 1.165) is 43.5 Å². The minimum absolute atomic E-state index is 0.00608. The second kappa shape index (κ2) is 6.16. The summed E-state index contributed by atoms with van der Waals surface area (Å²) in [4.78, 5) is 21.3. The lowest BCUT2D eigenvalue weighted by Crippen LogP contribution is -2.49. The van der Waals surface area contributed by atoms with Crippen molar-refractivity contribution in [1.29, 1.82) is 0 Å². The number of rotatable bonds is 2. The third kappa shape index (κ3) is 2.90. The zero-order chi connectivity index (χ0) is 16.6. The molecule has 0 aromatic carbocycles. The standard InChI is InChI=1S/C18H24N4O2/c1-22-12-19-14-5-6-15(21-16(14)22)17(23)20-13-7-10-24-18(11-13)8-3-2-4-9-18/h5-6,12-13H,2-4,7-11H2,1H3,(H,20,23). The van der Waals surface area contributed by atoms with E-state index >= 15 is 0 Å². The van der Waals surface area contributed by atoms with E-state index in [-0.39, 0.29) is 17.6 Å². The topological polar surface area (TPSA) is 69.0 Å². The van der Waals surface area contributed by atoms with Crippen LogP contribution in [0.15, 0.2) is 18.5 Å². The zero-order valence-electron chi connectivity index (χ0n) is 14.1. The fourth-order valence-corrected chi connectivity index (χ4v) is 4.09. The Hall–Kier alpha value is -1.95. The number of hydrogen-bond donors (Lipinski definition) is 1. The first-order valence-electron chi connectivity index (χ1n) is 8.88. The first kappa shape index (κ1) is 15.6. The zero-order valence-corrected chi connectivity index (χ0v) is 14.1. The molecule has 1 saturated heterocycles. The van der Waals surface area contributed by atoms with Crippen molar-refractivity contribution < 1.29 is 9.53 Å². The molecule has 1 spiro atoms. The summed E-state index contributed by atoms with van der Waals surface area (Å²) in [6.07, 6.45) is 9.53. The van der Waals surface area contributed by atoms with Gasteiger partial charge < -0.3 is 14.6 Å². The van der Waals surface area contributed by atoms with E-state index in [1.807, 2.05) is 17.7 Å². The monoisotopic (exact) mass is 328 g/mol.